The van der Waals surface area contributed by atoms with Crippen molar-refractivity contribution < 1.29 is 19.4 Å². The van der Waals surface area contributed by atoms with E-state index in [0.29, 0.717) is 5.56 Å². The number of carbonyl (C=O) groups is 2. The summed E-state index contributed by atoms with van der Waals surface area (Å²) < 4.78 is 5.09. The molecule has 1 aromatic carbocycles. The minimum Gasteiger partial charge on any atom is -0.480 e. The van der Waals surface area contributed by atoms with Gasteiger partial charge in [-0.2, -0.15) is 0 Å². The van der Waals surface area contributed by atoms with Crippen molar-refractivity contribution in [2.75, 3.05) is 6.61 Å². The van der Waals surface area contributed by atoms with Crippen LogP contribution in [0.1, 0.15) is 45.6 Å². The molecule has 0 fully saturated rings. The van der Waals surface area contributed by atoms with Gasteiger partial charge in [-0.3, -0.25) is 9.59 Å². The van der Waals surface area contributed by atoms with Crippen LogP contribution in [0.2, 0.25) is 0 Å². The molecule has 0 aliphatic heterocycles. The second-order valence-electron chi connectivity index (χ2n) is 5.18. The average Bonchev–Trinajstić information content (AvgIpc) is 2.49. The molecular weight excluding hydrogens is 268 g/mol. The second kappa shape index (κ2) is 7.81. The Balaban J connectivity index is 3.36. The summed E-state index contributed by atoms with van der Waals surface area (Å²) in [5.41, 5.74) is -1.13. The molecule has 0 heterocycles. The van der Waals surface area contributed by atoms with Gasteiger partial charge < -0.3 is 9.84 Å². The zero-order chi connectivity index (χ0) is 15.9. The van der Waals surface area contributed by atoms with Crippen molar-refractivity contribution >= 4 is 11.9 Å². The van der Waals surface area contributed by atoms with Gasteiger partial charge in [0.25, 0.3) is 0 Å². The molecule has 0 aliphatic carbocycles. The van der Waals surface area contributed by atoms with Crippen LogP contribution in [0.15, 0.2) is 30.3 Å². The number of hydrogen-bond donors (Lipinski definition) is 1. The van der Waals surface area contributed by atoms with Crippen molar-refractivity contribution in [3.63, 3.8) is 0 Å². The number of aliphatic carboxylic acids is 1. The van der Waals surface area contributed by atoms with Crippen molar-refractivity contribution in [3.8, 4) is 0 Å². The zero-order valence-corrected chi connectivity index (χ0v) is 13.0. The number of benzene rings is 1. The van der Waals surface area contributed by atoms with Crippen molar-refractivity contribution in [2.24, 2.45) is 5.92 Å². The lowest BCUT2D eigenvalue weighted by atomic mass is 9.72. The van der Waals surface area contributed by atoms with E-state index in [1.165, 1.54) is 0 Å². The van der Waals surface area contributed by atoms with E-state index in [4.69, 9.17) is 4.74 Å². The first kappa shape index (κ1) is 17.2. The number of carboxylic acids is 1. The fourth-order valence-electron chi connectivity index (χ4n) is 2.60. The van der Waals surface area contributed by atoms with Gasteiger partial charge in [0.2, 0.25) is 0 Å². The Labute approximate surface area is 126 Å². The molecule has 1 aromatic rings. The topological polar surface area (TPSA) is 63.6 Å². The number of carbonyl (C=O) groups excluding carboxylic acids is 1. The van der Waals surface area contributed by atoms with Gasteiger partial charge in [0.05, 0.1) is 6.61 Å². The summed E-state index contributed by atoms with van der Waals surface area (Å²) in [5, 5.41) is 9.81. The van der Waals surface area contributed by atoms with Crippen molar-refractivity contribution in [1.29, 1.82) is 0 Å². The summed E-state index contributed by atoms with van der Waals surface area (Å²) in [6.07, 6.45) is 1.92. The van der Waals surface area contributed by atoms with Crippen LogP contribution < -0.4 is 0 Å². The molecular formula is C17H24O4. The smallest absolute Gasteiger partial charge is 0.328 e. The third kappa shape index (κ3) is 3.63. The van der Waals surface area contributed by atoms with Crippen LogP contribution in [-0.2, 0) is 19.7 Å². The van der Waals surface area contributed by atoms with E-state index in [0.717, 1.165) is 12.8 Å². The van der Waals surface area contributed by atoms with Gasteiger partial charge >= 0.3 is 11.9 Å². The fraction of sp³-hybridized carbons (Fsp3) is 0.529. The normalized spacial score (nSPS) is 13.7. The van der Waals surface area contributed by atoms with Crippen LogP contribution in [0.25, 0.3) is 0 Å². The fourth-order valence-corrected chi connectivity index (χ4v) is 2.60. The lowest BCUT2D eigenvalue weighted by molar-refractivity contribution is -0.162. The van der Waals surface area contributed by atoms with Gasteiger partial charge in [0, 0.05) is 0 Å². The summed E-state index contributed by atoms with van der Waals surface area (Å²) in [5.74, 6) is -1.65. The summed E-state index contributed by atoms with van der Waals surface area (Å²) in [7, 11) is 0. The average molecular weight is 292 g/mol. The first-order valence-corrected chi connectivity index (χ1v) is 7.48. The lowest BCUT2D eigenvalue weighted by Crippen LogP contribution is -2.46. The number of carboxylic acid groups (broad SMARTS) is 1. The molecule has 21 heavy (non-hydrogen) atoms. The van der Waals surface area contributed by atoms with Crippen LogP contribution in [0, 0.1) is 5.92 Å². The van der Waals surface area contributed by atoms with E-state index >= 15 is 0 Å². The highest BCUT2D eigenvalue weighted by Gasteiger charge is 2.50. The first-order valence-electron chi connectivity index (χ1n) is 7.48. The van der Waals surface area contributed by atoms with Crippen LogP contribution in [0.5, 0.6) is 0 Å². The summed E-state index contributed by atoms with van der Waals surface area (Å²) in [4.78, 5) is 24.5. The molecule has 0 spiro atoms. The van der Waals surface area contributed by atoms with Gasteiger partial charge in [0.15, 0.2) is 5.41 Å². The van der Waals surface area contributed by atoms with E-state index < -0.39 is 17.4 Å². The molecule has 0 saturated carbocycles. The number of ether oxygens (including phenoxy) is 1. The minimum absolute atomic E-state index is 0.158. The quantitative estimate of drug-likeness (QED) is 0.589. The predicted octanol–water partition coefficient (Wildman–Crippen LogP) is 3.40. The maximum Gasteiger partial charge on any atom is 0.328 e. The predicted molar refractivity (Wildman–Crippen MR) is 81.1 cm³/mol. The van der Waals surface area contributed by atoms with E-state index in [1.807, 2.05) is 13.8 Å². The lowest BCUT2D eigenvalue weighted by Gasteiger charge is -2.30. The molecule has 0 aromatic heterocycles. The third-order valence-corrected chi connectivity index (χ3v) is 4.01. The SMILES string of the molecule is CCOC(=O)C(CC(CC)CC)(C(=O)O)c1ccccc1. The molecule has 1 unspecified atom stereocenters. The van der Waals surface area contributed by atoms with Crippen LogP contribution in [0.3, 0.4) is 0 Å². The molecule has 0 bridgehead atoms. The largest absolute Gasteiger partial charge is 0.480 e. The van der Waals surface area contributed by atoms with Gasteiger partial charge in [-0.15, -0.1) is 0 Å². The Morgan fingerprint density at radius 2 is 1.71 bits per heavy atom. The molecule has 4 nitrogen and oxygen atoms in total. The summed E-state index contributed by atoms with van der Waals surface area (Å²) >= 11 is 0. The van der Waals surface area contributed by atoms with Crippen molar-refractivity contribution in [1.82, 2.24) is 0 Å². The standard InChI is InChI=1S/C17H24O4/c1-4-13(5-2)12-17(15(18)19,16(20)21-6-3)14-10-8-7-9-11-14/h7-11,13H,4-6,12H2,1-3H3,(H,18,19). The first-order chi connectivity index (χ1) is 10.0. The summed E-state index contributed by atoms with van der Waals surface area (Å²) in [6, 6.07) is 8.68. The van der Waals surface area contributed by atoms with E-state index in [2.05, 4.69) is 0 Å². The highest BCUT2D eigenvalue weighted by molar-refractivity contribution is 6.05. The Bertz CT molecular complexity index is 465. The number of rotatable bonds is 8. The Hall–Kier alpha value is -1.84. The van der Waals surface area contributed by atoms with E-state index in [9.17, 15) is 14.7 Å². The Morgan fingerprint density at radius 1 is 1.14 bits per heavy atom. The molecule has 116 valence electrons. The van der Waals surface area contributed by atoms with Crippen LogP contribution in [0.4, 0.5) is 0 Å². The minimum atomic E-state index is -1.62. The van der Waals surface area contributed by atoms with E-state index in [1.54, 1.807) is 37.3 Å². The van der Waals surface area contributed by atoms with Crippen molar-refractivity contribution in [2.45, 2.75) is 45.4 Å². The maximum atomic E-state index is 12.5. The molecule has 4 heteroatoms. The molecule has 0 saturated heterocycles. The monoisotopic (exact) mass is 292 g/mol. The molecule has 0 radical (unpaired) electrons. The Morgan fingerprint density at radius 3 is 2.14 bits per heavy atom. The Kier molecular flexibility index (Phi) is 6.40. The molecule has 0 amide bonds. The van der Waals surface area contributed by atoms with Gasteiger partial charge in [-0.1, -0.05) is 57.0 Å². The zero-order valence-electron chi connectivity index (χ0n) is 13.0. The van der Waals surface area contributed by atoms with E-state index in [-0.39, 0.29) is 18.9 Å². The maximum absolute atomic E-state index is 12.5. The van der Waals surface area contributed by atoms with Gasteiger partial charge in [-0.25, -0.2) is 0 Å². The molecule has 1 N–H and O–H groups in total. The second-order valence-corrected chi connectivity index (χ2v) is 5.18. The highest BCUT2D eigenvalue weighted by Crippen LogP contribution is 2.35. The van der Waals surface area contributed by atoms with Gasteiger partial charge in [-0.05, 0) is 24.8 Å². The molecule has 0 aliphatic rings. The van der Waals surface area contributed by atoms with Crippen molar-refractivity contribution in [3.05, 3.63) is 35.9 Å². The van der Waals surface area contributed by atoms with Gasteiger partial charge in [0.1, 0.15) is 0 Å². The summed E-state index contributed by atoms with van der Waals surface area (Å²) in [6.45, 7) is 5.88. The number of esters is 1. The highest BCUT2D eigenvalue weighted by atomic mass is 16.5. The van der Waals surface area contributed by atoms with Crippen LogP contribution in [-0.4, -0.2) is 23.7 Å². The molecule has 1 rings (SSSR count). The van der Waals surface area contributed by atoms with Crippen LogP contribution >= 0.6 is 0 Å². The third-order valence-electron chi connectivity index (χ3n) is 4.01. The number of hydrogen-bond acceptors (Lipinski definition) is 3. The molecule has 1 atom stereocenters.